The van der Waals surface area contributed by atoms with Crippen molar-refractivity contribution in [3.8, 4) is 5.75 Å². The Morgan fingerprint density at radius 2 is 1.67 bits per heavy atom. The van der Waals surface area contributed by atoms with Crippen molar-refractivity contribution in [2.45, 2.75) is 44.9 Å². The predicted octanol–water partition coefficient (Wildman–Crippen LogP) is 5.42. The largest absolute Gasteiger partial charge is 0.494 e. The third-order valence-electron chi connectivity index (χ3n) is 3.98. The Morgan fingerprint density at radius 1 is 0.905 bits per heavy atom. The Morgan fingerprint density at radius 3 is 2.43 bits per heavy atom. The summed E-state index contributed by atoms with van der Waals surface area (Å²) in [4.78, 5) is 2.61. The molecule has 21 heavy (non-hydrogen) atoms. The molecule has 1 heterocycles. The molecule has 1 aromatic carbocycles. The van der Waals surface area contributed by atoms with Gasteiger partial charge in [0, 0.05) is 6.07 Å². The molecule has 0 bridgehead atoms. The number of likely N-dealkylation sites (tertiary alicyclic amines) is 1. The van der Waals surface area contributed by atoms with Crippen LogP contribution in [0, 0.1) is 0 Å². The molecule has 0 spiro atoms. The van der Waals surface area contributed by atoms with E-state index in [1.807, 2.05) is 6.07 Å². The first-order valence-electron chi connectivity index (χ1n) is 8.06. The van der Waals surface area contributed by atoms with E-state index in [-0.39, 0.29) is 0 Å². The smallest absolute Gasteiger partial charge is 0.120 e. The lowest BCUT2D eigenvalue weighted by molar-refractivity contribution is 0.223. The normalized spacial score (nSPS) is 16.1. The summed E-state index contributed by atoms with van der Waals surface area (Å²) in [5, 5.41) is 1.12. The Bertz CT molecular complexity index is 419. The highest BCUT2D eigenvalue weighted by Crippen LogP contribution is 2.26. The Kier molecular flexibility index (Phi) is 7.70. The van der Waals surface area contributed by atoms with Gasteiger partial charge in [-0.05, 0) is 57.5 Å². The Labute approximate surface area is 138 Å². The fourth-order valence-corrected chi connectivity index (χ4v) is 3.02. The minimum Gasteiger partial charge on any atom is -0.494 e. The Hall–Kier alpha value is -0.440. The molecule has 0 unspecified atom stereocenters. The highest BCUT2D eigenvalue weighted by atomic mass is 35.5. The molecule has 0 aromatic heterocycles. The highest BCUT2D eigenvalue weighted by Gasteiger charge is 2.08. The van der Waals surface area contributed by atoms with E-state index in [9.17, 15) is 0 Å². The number of rotatable bonds is 8. The van der Waals surface area contributed by atoms with Crippen LogP contribution in [0.25, 0.3) is 0 Å². The van der Waals surface area contributed by atoms with Gasteiger partial charge in [-0.25, -0.2) is 0 Å². The van der Waals surface area contributed by atoms with Gasteiger partial charge in [-0.2, -0.15) is 0 Å². The van der Waals surface area contributed by atoms with E-state index in [4.69, 9.17) is 27.9 Å². The summed E-state index contributed by atoms with van der Waals surface area (Å²) in [6.07, 6.45) is 9.13. The molecule has 118 valence electrons. The van der Waals surface area contributed by atoms with Crippen molar-refractivity contribution in [2.75, 3.05) is 26.2 Å². The van der Waals surface area contributed by atoms with Gasteiger partial charge in [0.1, 0.15) is 5.75 Å². The van der Waals surface area contributed by atoms with Crippen LogP contribution in [-0.2, 0) is 0 Å². The molecule has 0 radical (unpaired) electrons. The maximum Gasteiger partial charge on any atom is 0.120 e. The van der Waals surface area contributed by atoms with E-state index < -0.39 is 0 Å². The fraction of sp³-hybridized carbons (Fsp3) is 0.647. The van der Waals surface area contributed by atoms with E-state index in [1.165, 1.54) is 58.2 Å². The second kappa shape index (κ2) is 9.55. The molecule has 1 aromatic rings. The quantitative estimate of drug-likeness (QED) is 0.590. The van der Waals surface area contributed by atoms with E-state index in [1.54, 1.807) is 12.1 Å². The summed E-state index contributed by atoms with van der Waals surface area (Å²) in [5.74, 6) is 0.803. The van der Waals surface area contributed by atoms with Crippen LogP contribution >= 0.6 is 23.2 Å². The van der Waals surface area contributed by atoms with Gasteiger partial charge in [0.2, 0.25) is 0 Å². The van der Waals surface area contributed by atoms with Crippen molar-refractivity contribution in [1.82, 2.24) is 4.90 Å². The third kappa shape index (κ3) is 6.46. The van der Waals surface area contributed by atoms with Crippen molar-refractivity contribution in [2.24, 2.45) is 0 Å². The standard InChI is InChI=1S/C17H25Cl2NO/c18-16-9-8-15(14-17(16)19)21-13-7-2-1-4-10-20-11-5-3-6-12-20/h8-9,14H,1-7,10-13H2. The van der Waals surface area contributed by atoms with Crippen molar-refractivity contribution >= 4 is 23.2 Å². The van der Waals surface area contributed by atoms with Crippen molar-refractivity contribution in [3.05, 3.63) is 28.2 Å². The number of piperidine rings is 1. The van der Waals surface area contributed by atoms with Gasteiger partial charge in [0.15, 0.2) is 0 Å². The van der Waals surface area contributed by atoms with E-state index >= 15 is 0 Å². The second-order valence-electron chi connectivity index (χ2n) is 5.74. The number of nitrogens with zero attached hydrogens (tertiary/aromatic N) is 1. The van der Waals surface area contributed by atoms with Crippen LogP contribution in [0.2, 0.25) is 10.0 Å². The zero-order valence-electron chi connectivity index (χ0n) is 12.6. The van der Waals surface area contributed by atoms with Crippen molar-refractivity contribution in [1.29, 1.82) is 0 Å². The topological polar surface area (TPSA) is 12.5 Å². The van der Waals surface area contributed by atoms with E-state index in [0.717, 1.165) is 18.8 Å². The molecular weight excluding hydrogens is 305 g/mol. The summed E-state index contributed by atoms with van der Waals surface area (Å²) >= 11 is 11.8. The molecule has 0 aliphatic carbocycles. The number of benzene rings is 1. The van der Waals surface area contributed by atoms with Crippen molar-refractivity contribution in [3.63, 3.8) is 0 Å². The molecular formula is C17H25Cl2NO. The van der Waals surface area contributed by atoms with Gasteiger partial charge in [0.05, 0.1) is 16.7 Å². The minimum atomic E-state index is 0.552. The van der Waals surface area contributed by atoms with E-state index in [0.29, 0.717) is 10.0 Å². The summed E-state index contributed by atoms with van der Waals surface area (Å²) in [5.41, 5.74) is 0. The summed E-state index contributed by atoms with van der Waals surface area (Å²) in [6, 6.07) is 5.42. The molecule has 1 fully saturated rings. The van der Waals surface area contributed by atoms with Gasteiger partial charge in [-0.15, -0.1) is 0 Å². The van der Waals surface area contributed by atoms with Crippen LogP contribution in [0.5, 0.6) is 5.75 Å². The number of hydrogen-bond acceptors (Lipinski definition) is 2. The zero-order valence-corrected chi connectivity index (χ0v) is 14.1. The maximum atomic E-state index is 5.95. The first-order chi connectivity index (χ1) is 10.3. The monoisotopic (exact) mass is 329 g/mol. The number of unbranched alkanes of at least 4 members (excludes halogenated alkanes) is 3. The maximum absolute atomic E-state index is 5.95. The lowest BCUT2D eigenvalue weighted by atomic mass is 10.1. The molecule has 4 heteroatoms. The molecule has 2 rings (SSSR count). The summed E-state index contributed by atoms with van der Waals surface area (Å²) in [6.45, 7) is 4.64. The number of ether oxygens (including phenoxy) is 1. The molecule has 2 nitrogen and oxygen atoms in total. The zero-order chi connectivity index (χ0) is 14.9. The summed E-state index contributed by atoms with van der Waals surface area (Å²) in [7, 11) is 0. The highest BCUT2D eigenvalue weighted by molar-refractivity contribution is 6.42. The molecule has 1 saturated heterocycles. The molecule has 1 aliphatic rings. The number of halogens is 2. The Balaban J connectivity index is 1.48. The van der Waals surface area contributed by atoms with Gasteiger partial charge in [-0.1, -0.05) is 42.5 Å². The first-order valence-corrected chi connectivity index (χ1v) is 8.81. The predicted molar refractivity (Wildman–Crippen MR) is 90.7 cm³/mol. The minimum absolute atomic E-state index is 0.552. The molecule has 0 saturated carbocycles. The first kappa shape index (κ1) is 16.9. The van der Waals surface area contributed by atoms with Gasteiger partial charge in [0.25, 0.3) is 0 Å². The lowest BCUT2D eigenvalue weighted by Gasteiger charge is -2.26. The molecule has 0 amide bonds. The van der Waals surface area contributed by atoms with Gasteiger partial charge < -0.3 is 9.64 Å². The SMILES string of the molecule is Clc1ccc(OCCCCCCN2CCCCC2)cc1Cl. The van der Waals surface area contributed by atoms with Crippen LogP contribution in [0.1, 0.15) is 44.9 Å². The number of hydrogen-bond donors (Lipinski definition) is 0. The third-order valence-corrected chi connectivity index (χ3v) is 4.72. The van der Waals surface area contributed by atoms with Gasteiger partial charge in [-0.3, -0.25) is 0 Å². The molecule has 0 atom stereocenters. The fourth-order valence-electron chi connectivity index (χ4n) is 2.73. The van der Waals surface area contributed by atoms with Crippen LogP contribution in [0.4, 0.5) is 0 Å². The van der Waals surface area contributed by atoms with Crippen LogP contribution in [0.15, 0.2) is 18.2 Å². The average Bonchev–Trinajstić information content (AvgIpc) is 2.51. The molecule has 1 aliphatic heterocycles. The van der Waals surface area contributed by atoms with Crippen LogP contribution in [-0.4, -0.2) is 31.1 Å². The molecule has 0 N–H and O–H groups in total. The summed E-state index contributed by atoms with van der Waals surface area (Å²) < 4.78 is 5.68. The second-order valence-corrected chi connectivity index (χ2v) is 6.56. The van der Waals surface area contributed by atoms with Crippen LogP contribution in [0.3, 0.4) is 0 Å². The van der Waals surface area contributed by atoms with E-state index in [2.05, 4.69) is 4.90 Å². The lowest BCUT2D eigenvalue weighted by Crippen LogP contribution is -2.30. The van der Waals surface area contributed by atoms with Gasteiger partial charge >= 0.3 is 0 Å². The van der Waals surface area contributed by atoms with Crippen molar-refractivity contribution < 1.29 is 4.74 Å². The average molecular weight is 330 g/mol. The van der Waals surface area contributed by atoms with Crippen LogP contribution < -0.4 is 4.74 Å².